The normalized spacial score (nSPS) is 59.2. The molecular weight excluding hydrogens is 384 g/mol. The number of aliphatic hydroxyl groups excluding tert-OH is 1. The molecule has 2 N–H and O–H groups in total. The van der Waals surface area contributed by atoms with Crippen molar-refractivity contribution in [1.29, 1.82) is 0 Å². The summed E-state index contributed by atoms with van der Waals surface area (Å²) in [7, 11) is 0. The van der Waals surface area contributed by atoms with Gasteiger partial charge in [-0.15, -0.1) is 0 Å². The molecule has 29 heavy (non-hydrogen) atoms. The fraction of sp³-hybridized carbons (Fsp3) is 0.850. The number of aliphatic hydroxyl groups is 2. The highest BCUT2D eigenvalue weighted by molar-refractivity contribution is 5.93. The quantitative estimate of drug-likeness (QED) is 0.408. The molecule has 158 valence electrons. The minimum atomic E-state index is -1.97. The first-order chi connectivity index (χ1) is 13.4. The van der Waals surface area contributed by atoms with E-state index in [1.165, 1.54) is 6.92 Å². The molecule has 0 bridgehead atoms. The highest BCUT2D eigenvalue weighted by Gasteiger charge is 3.01. The van der Waals surface area contributed by atoms with Crippen molar-refractivity contribution in [2.75, 3.05) is 0 Å². The van der Waals surface area contributed by atoms with Crippen molar-refractivity contribution < 1.29 is 43.5 Å². The van der Waals surface area contributed by atoms with E-state index in [-0.39, 0.29) is 17.8 Å². The first kappa shape index (κ1) is 18.1. The number of fused-ring (bicyclic) bond motifs is 1. The largest absolute Gasteiger partial charge is 0.459 e. The van der Waals surface area contributed by atoms with Crippen LogP contribution >= 0.6 is 0 Å². The summed E-state index contributed by atoms with van der Waals surface area (Å²) in [6, 6.07) is 0. The molecule has 6 aliphatic rings. The van der Waals surface area contributed by atoms with Crippen LogP contribution in [-0.2, 0) is 33.3 Å². The number of hydrogen-bond donors (Lipinski definition) is 2. The second-order valence-corrected chi connectivity index (χ2v) is 10.6. The maximum absolute atomic E-state index is 13.3. The lowest BCUT2D eigenvalue weighted by atomic mass is 9.51. The molecule has 10 atom stereocenters. The van der Waals surface area contributed by atoms with E-state index in [0.29, 0.717) is 6.42 Å². The Hall–Kier alpha value is -1.71. The zero-order valence-electron chi connectivity index (χ0n) is 16.6. The van der Waals surface area contributed by atoms with Gasteiger partial charge < -0.3 is 29.2 Å². The molecule has 2 aliphatic carbocycles. The third-order valence-corrected chi connectivity index (χ3v) is 8.97. The molecule has 4 saturated heterocycles. The standard InChI is InChI=1S/C20H24O9/c1-7-12(22)26-10-6-17-9-5-8(16(2,3)4)18(17)11(21)13(23)28-15(18)29-20(17,14(24)27-9)19(7,10)25/h7-11,15,21,25H,5-6H2,1-4H3/t7-,8+,9-,10+,11+,15+,17-,18-,19-,20-/m1/s1. The molecule has 9 nitrogen and oxygen atoms in total. The summed E-state index contributed by atoms with van der Waals surface area (Å²) in [5, 5.41) is 23.0. The van der Waals surface area contributed by atoms with E-state index in [0.717, 1.165) is 0 Å². The molecule has 4 heterocycles. The zero-order valence-corrected chi connectivity index (χ0v) is 16.6. The van der Waals surface area contributed by atoms with Gasteiger partial charge in [0, 0.05) is 6.42 Å². The smallest absolute Gasteiger partial charge is 0.342 e. The van der Waals surface area contributed by atoms with Gasteiger partial charge in [-0.05, 0) is 24.7 Å². The molecule has 0 unspecified atom stereocenters. The zero-order chi connectivity index (χ0) is 20.9. The highest BCUT2D eigenvalue weighted by atomic mass is 16.8. The van der Waals surface area contributed by atoms with Gasteiger partial charge in [-0.2, -0.15) is 0 Å². The lowest BCUT2D eigenvalue weighted by molar-refractivity contribution is -0.238. The molecule has 2 saturated carbocycles. The molecule has 6 fully saturated rings. The fourth-order valence-electron chi connectivity index (χ4n) is 8.06. The Morgan fingerprint density at radius 2 is 1.72 bits per heavy atom. The molecule has 0 aromatic rings. The van der Waals surface area contributed by atoms with Crippen molar-refractivity contribution in [1.82, 2.24) is 0 Å². The first-order valence-corrected chi connectivity index (χ1v) is 10.1. The average molecular weight is 408 g/mol. The van der Waals surface area contributed by atoms with Crippen LogP contribution in [0.25, 0.3) is 0 Å². The summed E-state index contributed by atoms with van der Waals surface area (Å²) >= 11 is 0. The number of rotatable bonds is 0. The summed E-state index contributed by atoms with van der Waals surface area (Å²) < 4.78 is 22.9. The number of carbonyl (C=O) groups excluding carboxylic acids is 3. The van der Waals surface area contributed by atoms with E-state index < -0.39 is 70.5 Å². The van der Waals surface area contributed by atoms with Gasteiger partial charge in [0.05, 0.1) is 16.7 Å². The Bertz CT molecular complexity index is 893. The van der Waals surface area contributed by atoms with Crippen LogP contribution in [0.2, 0.25) is 0 Å². The summed E-state index contributed by atoms with van der Waals surface area (Å²) in [5.41, 5.74) is -6.81. The van der Waals surface area contributed by atoms with E-state index in [4.69, 9.17) is 18.9 Å². The van der Waals surface area contributed by atoms with Crippen molar-refractivity contribution in [2.24, 2.45) is 28.1 Å². The maximum Gasteiger partial charge on any atom is 0.342 e. The average Bonchev–Trinajstić information content (AvgIpc) is 3.31. The van der Waals surface area contributed by atoms with Crippen molar-refractivity contribution in [3.63, 3.8) is 0 Å². The predicted octanol–water partition coefficient (Wildman–Crippen LogP) is -0.340. The van der Waals surface area contributed by atoms with Gasteiger partial charge >= 0.3 is 17.9 Å². The molecule has 9 heteroatoms. The van der Waals surface area contributed by atoms with Crippen LogP contribution in [0.1, 0.15) is 40.5 Å². The Morgan fingerprint density at radius 3 is 2.38 bits per heavy atom. The van der Waals surface area contributed by atoms with Crippen molar-refractivity contribution in [3.05, 3.63) is 0 Å². The molecule has 4 aliphatic heterocycles. The van der Waals surface area contributed by atoms with Gasteiger partial charge in [0.25, 0.3) is 0 Å². The Balaban J connectivity index is 1.68. The number of ether oxygens (including phenoxy) is 4. The van der Waals surface area contributed by atoms with Crippen LogP contribution in [0.4, 0.5) is 0 Å². The number of hydrogen-bond acceptors (Lipinski definition) is 9. The van der Waals surface area contributed by atoms with E-state index >= 15 is 0 Å². The molecule has 6 rings (SSSR count). The topological polar surface area (TPSA) is 129 Å². The minimum Gasteiger partial charge on any atom is -0.459 e. The van der Waals surface area contributed by atoms with Gasteiger partial charge in [0.15, 0.2) is 11.7 Å². The van der Waals surface area contributed by atoms with E-state index in [2.05, 4.69) is 0 Å². The first-order valence-electron chi connectivity index (χ1n) is 10.1. The predicted molar refractivity (Wildman–Crippen MR) is 90.6 cm³/mol. The highest BCUT2D eigenvalue weighted by Crippen LogP contribution is 2.84. The van der Waals surface area contributed by atoms with Crippen LogP contribution in [0.5, 0.6) is 0 Å². The summed E-state index contributed by atoms with van der Waals surface area (Å²) in [6.07, 6.45) is -3.96. The second kappa shape index (κ2) is 4.48. The lowest BCUT2D eigenvalue weighted by Gasteiger charge is -2.46. The molecule has 0 amide bonds. The van der Waals surface area contributed by atoms with Crippen LogP contribution in [0.3, 0.4) is 0 Å². The molecule has 2 spiro atoms. The maximum atomic E-state index is 13.3. The van der Waals surface area contributed by atoms with Crippen LogP contribution in [0.15, 0.2) is 0 Å². The van der Waals surface area contributed by atoms with E-state index in [1.807, 2.05) is 20.8 Å². The fourth-order valence-corrected chi connectivity index (χ4v) is 8.06. The molecule has 0 radical (unpaired) electrons. The number of carbonyl (C=O) groups is 3. The van der Waals surface area contributed by atoms with Crippen LogP contribution in [0, 0.1) is 28.1 Å². The molecular formula is C20H24O9. The Morgan fingerprint density at radius 1 is 1.03 bits per heavy atom. The third-order valence-electron chi connectivity index (χ3n) is 8.97. The van der Waals surface area contributed by atoms with E-state index in [9.17, 15) is 24.6 Å². The lowest BCUT2D eigenvalue weighted by Crippen LogP contribution is -2.66. The second-order valence-electron chi connectivity index (χ2n) is 10.6. The minimum absolute atomic E-state index is 0.0623. The van der Waals surface area contributed by atoms with Gasteiger partial charge in [-0.25, -0.2) is 9.59 Å². The number of esters is 3. The summed E-state index contributed by atoms with van der Waals surface area (Å²) in [5.74, 6) is -3.52. The van der Waals surface area contributed by atoms with Crippen molar-refractivity contribution >= 4 is 17.9 Å². The van der Waals surface area contributed by atoms with Gasteiger partial charge in [-0.3, -0.25) is 4.79 Å². The van der Waals surface area contributed by atoms with Crippen molar-refractivity contribution in [3.8, 4) is 0 Å². The SMILES string of the molecule is C[C@@H]1C(=O)O[C@H]2C[C@@]34[C@H]5C[C@@H](C(C)(C)C)[C@@]36[C@@H](OC(=O)[C@@H]6O)O[C@@]4(C(=O)O5)[C@]21O. The van der Waals surface area contributed by atoms with Gasteiger partial charge in [0.1, 0.15) is 12.2 Å². The third kappa shape index (κ3) is 1.35. The van der Waals surface area contributed by atoms with Gasteiger partial charge in [-0.1, -0.05) is 20.8 Å². The van der Waals surface area contributed by atoms with Crippen LogP contribution < -0.4 is 0 Å². The Labute approximate surface area is 166 Å². The molecule has 0 aromatic heterocycles. The Kier molecular flexibility index (Phi) is 2.79. The van der Waals surface area contributed by atoms with Crippen molar-refractivity contribution in [2.45, 2.75) is 76.3 Å². The van der Waals surface area contributed by atoms with E-state index in [1.54, 1.807) is 0 Å². The monoisotopic (exact) mass is 408 g/mol. The summed E-state index contributed by atoms with van der Waals surface area (Å²) in [6.45, 7) is 7.47. The van der Waals surface area contributed by atoms with Crippen LogP contribution in [-0.4, -0.2) is 63.9 Å². The summed E-state index contributed by atoms with van der Waals surface area (Å²) in [4.78, 5) is 38.1. The van der Waals surface area contributed by atoms with Gasteiger partial charge in [0.2, 0.25) is 11.9 Å². The molecule has 0 aromatic carbocycles.